The molecule has 0 bridgehead atoms. The number of rotatable bonds is 16. The van der Waals surface area contributed by atoms with Gasteiger partial charge in [-0.3, -0.25) is 19.2 Å². The van der Waals surface area contributed by atoms with Gasteiger partial charge in [0.2, 0.25) is 0 Å². The van der Waals surface area contributed by atoms with E-state index in [1.54, 1.807) is 12.1 Å². The Morgan fingerprint density at radius 3 is 1.43 bits per heavy atom. The molecule has 242 valence electrons. The third-order valence-electron chi connectivity index (χ3n) is 5.29. The highest BCUT2D eigenvalue weighted by molar-refractivity contribution is 8.24. The number of hydrogen-bond acceptors (Lipinski definition) is 16. The van der Waals surface area contributed by atoms with E-state index in [-0.39, 0.29) is 70.0 Å². The standard InChI is InChI=1S/C30H28N2O12S2/c1-5-22(33)39-15-17(3)41-24(35)9-11-26(37)43-20-7-8-21(29-28(20)45-30(46-29)19(13-31)14-32)44-27(38)12-10-25(36)42-18(4)16-40-23(34)6-2/h5-8,17-18H,1-2,9-12,15-16H2,3-4H3. The Bertz CT molecular complexity index is 1410. The van der Waals surface area contributed by atoms with Crippen LogP contribution in [0.4, 0.5) is 0 Å². The van der Waals surface area contributed by atoms with Crippen LogP contribution in [0.2, 0.25) is 0 Å². The fourth-order valence-electron chi connectivity index (χ4n) is 3.21. The molecule has 14 nitrogen and oxygen atoms in total. The summed E-state index contributed by atoms with van der Waals surface area (Å²) in [6, 6.07) is 6.22. The van der Waals surface area contributed by atoms with Crippen LogP contribution in [0.3, 0.4) is 0 Å². The van der Waals surface area contributed by atoms with Gasteiger partial charge in [-0.15, -0.1) is 0 Å². The molecule has 1 aromatic carbocycles. The van der Waals surface area contributed by atoms with Gasteiger partial charge in [0, 0.05) is 12.2 Å². The maximum atomic E-state index is 12.6. The van der Waals surface area contributed by atoms with Crippen LogP contribution in [0.5, 0.6) is 11.5 Å². The Kier molecular flexibility index (Phi) is 15.1. The second-order valence-electron chi connectivity index (χ2n) is 9.03. The van der Waals surface area contributed by atoms with Crippen molar-refractivity contribution in [2.75, 3.05) is 13.2 Å². The van der Waals surface area contributed by atoms with E-state index in [9.17, 15) is 39.3 Å². The van der Waals surface area contributed by atoms with Gasteiger partial charge in [-0.2, -0.15) is 10.5 Å². The van der Waals surface area contributed by atoms with Crippen molar-refractivity contribution in [1.82, 2.24) is 0 Å². The van der Waals surface area contributed by atoms with Gasteiger partial charge < -0.3 is 28.4 Å². The smallest absolute Gasteiger partial charge is 0.330 e. The number of fused-ring (bicyclic) bond motifs is 1. The van der Waals surface area contributed by atoms with E-state index in [0.29, 0.717) is 0 Å². The number of benzene rings is 1. The van der Waals surface area contributed by atoms with Crippen molar-refractivity contribution in [1.29, 1.82) is 10.5 Å². The van der Waals surface area contributed by atoms with Crippen LogP contribution < -0.4 is 9.47 Å². The predicted molar refractivity (Wildman–Crippen MR) is 160 cm³/mol. The first-order chi connectivity index (χ1) is 21.9. The second kappa shape index (κ2) is 18.7. The first kappa shape index (κ1) is 37.1. The molecule has 0 spiro atoms. The Hall–Kier alpha value is -5.06. The Balaban J connectivity index is 2.05. The van der Waals surface area contributed by atoms with Crippen LogP contribution >= 0.6 is 23.5 Å². The summed E-state index contributed by atoms with van der Waals surface area (Å²) in [5.41, 5.74) is -0.216. The van der Waals surface area contributed by atoms with Gasteiger partial charge in [0.15, 0.2) is 0 Å². The molecule has 1 aliphatic rings. The molecule has 16 heteroatoms. The first-order valence-electron chi connectivity index (χ1n) is 13.4. The first-order valence-corrected chi connectivity index (χ1v) is 15.0. The highest BCUT2D eigenvalue weighted by atomic mass is 32.2. The summed E-state index contributed by atoms with van der Waals surface area (Å²) < 4.78 is 30.9. The lowest BCUT2D eigenvalue weighted by Gasteiger charge is -2.14. The number of esters is 6. The maximum absolute atomic E-state index is 12.6. The average molecular weight is 673 g/mol. The predicted octanol–water partition coefficient (Wildman–Crippen LogP) is 3.84. The van der Waals surface area contributed by atoms with Crippen molar-refractivity contribution in [2.45, 2.75) is 61.5 Å². The van der Waals surface area contributed by atoms with Crippen LogP contribution in [0, 0.1) is 22.7 Å². The quantitative estimate of drug-likeness (QED) is 0.0804. The molecule has 0 amide bonds. The molecule has 0 radical (unpaired) electrons. The third kappa shape index (κ3) is 12.1. The molecule has 2 unspecified atom stereocenters. The summed E-state index contributed by atoms with van der Waals surface area (Å²) in [7, 11) is 0. The molecule has 46 heavy (non-hydrogen) atoms. The molecule has 0 saturated carbocycles. The van der Waals surface area contributed by atoms with Crippen molar-refractivity contribution < 1.29 is 57.2 Å². The minimum absolute atomic E-state index is 0.0234. The fraction of sp³-hybridized carbons (Fsp3) is 0.333. The Morgan fingerprint density at radius 2 is 1.09 bits per heavy atom. The van der Waals surface area contributed by atoms with Gasteiger partial charge in [-0.05, 0) is 26.0 Å². The fourth-order valence-corrected chi connectivity index (χ4v) is 5.69. The lowest BCUT2D eigenvalue weighted by molar-refractivity contribution is -0.156. The summed E-state index contributed by atoms with van der Waals surface area (Å²) in [6.07, 6.45) is -0.996. The maximum Gasteiger partial charge on any atom is 0.330 e. The van der Waals surface area contributed by atoms with Gasteiger partial charge in [-0.1, -0.05) is 36.7 Å². The molecule has 2 rings (SSSR count). The van der Waals surface area contributed by atoms with Crippen molar-refractivity contribution >= 4 is 59.3 Å². The van der Waals surface area contributed by atoms with Crippen LogP contribution in [0.1, 0.15) is 39.5 Å². The van der Waals surface area contributed by atoms with Crippen LogP contribution in [-0.2, 0) is 47.7 Å². The zero-order chi connectivity index (χ0) is 34.2. The van der Waals surface area contributed by atoms with Crippen molar-refractivity contribution in [3.63, 3.8) is 0 Å². The largest absolute Gasteiger partial charge is 0.459 e. The van der Waals surface area contributed by atoms with Gasteiger partial charge in [-0.25, -0.2) is 9.59 Å². The van der Waals surface area contributed by atoms with Crippen LogP contribution in [0.25, 0.3) is 0 Å². The summed E-state index contributed by atoms with van der Waals surface area (Å²) in [6.45, 7) is 9.13. The lowest BCUT2D eigenvalue weighted by atomic mass is 10.3. The number of carbonyl (C=O) groups is 6. The van der Waals surface area contributed by atoms with E-state index in [4.69, 9.17) is 28.4 Å². The van der Waals surface area contributed by atoms with E-state index in [2.05, 4.69) is 13.2 Å². The van der Waals surface area contributed by atoms with Crippen molar-refractivity contribution in [3.8, 4) is 23.6 Å². The number of thioether (sulfide) groups is 2. The van der Waals surface area contributed by atoms with E-state index in [1.807, 2.05) is 0 Å². The van der Waals surface area contributed by atoms with Crippen LogP contribution in [-0.4, -0.2) is 61.2 Å². The monoisotopic (exact) mass is 672 g/mol. The lowest BCUT2D eigenvalue weighted by Crippen LogP contribution is -2.22. The minimum Gasteiger partial charge on any atom is -0.459 e. The summed E-state index contributed by atoms with van der Waals surface area (Å²) in [5, 5.41) is 18.7. The number of nitriles is 2. The highest BCUT2D eigenvalue weighted by Crippen LogP contribution is 2.58. The number of hydrogen-bond donors (Lipinski definition) is 0. The molecule has 0 aliphatic carbocycles. The summed E-state index contributed by atoms with van der Waals surface area (Å²) in [4.78, 5) is 72.1. The van der Waals surface area contributed by atoms with Gasteiger partial charge in [0.1, 0.15) is 54.6 Å². The number of carbonyl (C=O) groups excluding carboxylic acids is 6. The summed E-state index contributed by atoms with van der Waals surface area (Å²) >= 11 is 1.90. The molecule has 0 aromatic heterocycles. The zero-order valence-corrected chi connectivity index (χ0v) is 26.4. The van der Waals surface area contributed by atoms with E-state index >= 15 is 0 Å². The number of allylic oxidation sites excluding steroid dienone is 1. The molecule has 0 fully saturated rings. The molecular formula is C30H28N2O12S2. The SMILES string of the molecule is C=CC(=O)OCC(C)OC(=O)CCC(=O)Oc1ccc(OC(=O)CCC(=O)OC(C)COC(=O)C=C)c2c1SC(=C(C#N)C#N)S2. The molecule has 2 atom stereocenters. The third-order valence-corrected chi connectivity index (χ3v) is 7.92. The summed E-state index contributed by atoms with van der Waals surface area (Å²) in [5.74, 6) is -4.38. The normalized spacial score (nSPS) is 12.5. The zero-order valence-electron chi connectivity index (χ0n) is 24.7. The molecular weight excluding hydrogens is 644 g/mol. The molecule has 1 heterocycles. The van der Waals surface area contributed by atoms with Crippen LogP contribution in [0.15, 0.2) is 57.0 Å². The van der Waals surface area contributed by atoms with Gasteiger partial charge >= 0.3 is 35.8 Å². The Labute approximate surface area is 272 Å². The van der Waals surface area contributed by atoms with Crippen molar-refractivity contribution in [2.24, 2.45) is 0 Å². The minimum atomic E-state index is -0.801. The second-order valence-corrected chi connectivity index (χ2v) is 11.3. The van der Waals surface area contributed by atoms with E-state index < -0.39 is 48.0 Å². The highest BCUT2D eigenvalue weighted by Gasteiger charge is 2.30. The number of nitrogens with zero attached hydrogens (tertiary/aromatic N) is 2. The van der Waals surface area contributed by atoms with Gasteiger partial charge in [0.25, 0.3) is 0 Å². The molecule has 1 aliphatic heterocycles. The Morgan fingerprint density at radius 1 is 0.717 bits per heavy atom. The molecule has 1 aromatic rings. The molecule has 0 saturated heterocycles. The topological polar surface area (TPSA) is 205 Å². The van der Waals surface area contributed by atoms with Crippen molar-refractivity contribution in [3.05, 3.63) is 47.3 Å². The van der Waals surface area contributed by atoms with Gasteiger partial charge in [0.05, 0.1) is 39.7 Å². The number of ether oxygens (including phenoxy) is 6. The molecule has 0 N–H and O–H groups in total. The average Bonchev–Trinajstić information content (AvgIpc) is 3.48. The van der Waals surface area contributed by atoms with E-state index in [0.717, 1.165) is 35.7 Å². The van der Waals surface area contributed by atoms with E-state index in [1.165, 1.54) is 26.0 Å².